The number of anilines is 2. The van der Waals surface area contributed by atoms with Gasteiger partial charge in [-0.25, -0.2) is 0 Å². The van der Waals surface area contributed by atoms with E-state index in [0.717, 1.165) is 75.3 Å². The molecule has 8 rings (SSSR count). The number of H-pyrrole nitrogens is 2. The van der Waals surface area contributed by atoms with Crippen LogP contribution in [0, 0.1) is 0 Å². The molecule has 2 amide bonds. The Bertz CT molecular complexity index is 2310. The number of aromatic amines is 2. The zero-order chi connectivity index (χ0) is 34.5. The number of nitrogens with one attached hydrogen (secondary N) is 4. The van der Waals surface area contributed by atoms with Gasteiger partial charge < -0.3 is 20.6 Å². The molecule has 0 saturated heterocycles. The molecule has 0 saturated carbocycles. The lowest BCUT2D eigenvalue weighted by molar-refractivity contribution is -0.118. The molecule has 0 atom stereocenters. The quantitative estimate of drug-likeness (QED) is 0.131. The Kier molecular flexibility index (Phi) is 9.02. The van der Waals surface area contributed by atoms with Crippen molar-refractivity contribution >= 4 is 91.4 Å². The Balaban J connectivity index is 0.953. The first-order valence-corrected chi connectivity index (χ1v) is 17.9. The Morgan fingerprint density at radius 2 is 1.32 bits per heavy atom. The maximum absolute atomic E-state index is 13.2. The van der Waals surface area contributed by atoms with Crippen LogP contribution < -0.4 is 10.6 Å². The van der Waals surface area contributed by atoms with E-state index in [9.17, 15) is 9.59 Å². The highest BCUT2D eigenvalue weighted by Crippen LogP contribution is 2.38. The molecule has 4 heterocycles. The van der Waals surface area contributed by atoms with Crippen LogP contribution in [0.5, 0.6) is 0 Å². The van der Waals surface area contributed by atoms with Crippen LogP contribution in [-0.4, -0.2) is 57.8 Å². The molecule has 0 aliphatic carbocycles. The summed E-state index contributed by atoms with van der Waals surface area (Å²) in [5, 5.41) is 10.5. The Hall–Kier alpha value is -4.02. The van der Waals surface area contributed by atoms with Crippen molar-refractivity contribution in [2.24, 2.45) is 0 Å². The lowest BCUT2D eigenvalue weighted by atomic mass is 9.99. The van der Waals surface area contributed by atoms with Crippen molar-refractivity contribution in [3.63, 3.8) is 0 Å². The molecule has 50 heavy (non-hydrogen) atoms. The molecule has 254 valence electrons. The number of halogens is 4. The molecular formula is C38H32Cl4N6O2. The second-order valence-corrected chi connectivity index (χ2v) is 14.6. The minimum atomic E-state index is -0.121. The first kappa shape index (κ1) is 33.1. The number of nitrogens with zero attached hydrogens (tertiary/aromatic N) is 2. The van der Waals surface area contributed by atoms with Gasteiger partial charge in [-0.15, -0.1) is 0 Å². The van der Waals surface area contributed by atoms with Crippen LogP contribution in [0.3, 0.4) is 0 Å². The fourth-order valence-electron chi connectivity index (χ4n) is 7.26. The SMILES string of the molecule is O=C(CN1CCc2c([nH]c3ccc(Cl)cc23)C1)Nc1cc(Cl)cc(-c2cc3[nH]c4c(c3cc2Cl)CCN(CC(=O)Nc2ccccc2Cl)C4)c1. The molecule has 12 heteroatoms. The molecule has 0 radical (unpaired) electrons. The number of rotatable bonds is 7. The van der Waals surface area contributed by atoms with E-state index >= 15 is 0 Å². The standard InChI is InChI=1S/C38H32Cl4N6O2/c39-22-5-6-32-28(14-22)25-7-9-47(17-35(25)44-32)19-37(49)43-24-12-21(11-23(40)13-24)27-16-34-29(15-31(27)42)26-8-10-48(18-36(26)45-34)20-38(50)46-33-4-2-1-3-30(33)41/h1-6,11-16,44-45H,7-10,17-20H2,(H,43,49)(H,46,50). The van der Waals surface area contributed by atoms with Gasteiger partial charge in [0.2, 0.25) is 11.8 Å². The topological polar surface area (TPSA) is 96.3 Å². The van der Waals surface area contributed by atoms with Gasteiger partial charge in [-0.1, -0.05) is 58.5 Å². The largest absolute Gasteiger partial charge is 0.357 e. The molecule has 0 bridgehead atoms. The van der Waals surface area contributed by atoms with Gasteiger partial charge in [-0.2, -0.15) is 0 Å². The molecule has 0 fully saturated rings. The third kappa shape index (κ3) is 6.72. The van der Waals surface area contributed by atoms with E-state index in [1.807, 2.05) is 54.6 Å². The Morgan fingerprint density at radius 1 is 0.660 bits per heavy atom. The van der Waals surface area contributed by atoms with E-state index in [0.29, 0.717) is 39.5 Å². The van der Waals surface area contributed by atoms with Crippen LogP contribution >= 0.6 is 46.4 Å². The van der Waals surface area contributed by atoms with Gasteiger partial charge in [-0.05, 0) is 90.2 Å². The molecular weight excluding hydrogens is 714 g/mol. The molecule has 4 aromatic carbocycles. The number of carbonyl (C=O) groups excluding carboxylic acids is 2. The van der Waals surface area contributed by atoms with E-state index < -0.39 is 0 Å². The van der Waals surface area contributed by atoms with Crippen molar-refractivity contribution in [1.82, 2.24) is 19.8 Å². The number of aromatic nitrogens is 2. The van der Waals surface area contributed by atoms with Crippen LogP contribution in [-0.2, 0) is 35.5 Å². The van der Waals surface area contributed by atoms with Crippen molar-refractivity contribution in [2.75, 3.05) is 36.8 Å². The molecule has 0 unspecified atom stereocenters. The average molecular weight is 747 g/mol. The van der Waals surface area contributed by atoms with Crippen LogP contribution in [0.25, 0.3) is 32.9 Å². The van der Waals surface area contributed by atoms with Gasteiger partial charge in [0.1, 0.15) is 0 Å². The van der Waals surface area contributed by atoms with E-state index in [2.05, 4.69) is 30.4 Å². The van der Waals surface area contributed by atoms with Crippen LogP contribution in [0.4, 0.5) is 11.4 Å². The number of benzene rings is 4. The normalized spacial score (nSPS) is 14.9. The molecule has 4 N–H and O–H groups in total. The van der Waals surface area contributed by atoms with Gasteiger partial charge in [0, 0.05) is 85.7 Å². The third-order valence-electron chi connectivity index (χ3n) is 9.53. The summed E-state index contributed by atoms with van der Waals surface area (Å²) in [6.07, 6.45) is 1.62. The van der Waals surface area contributed by atoms with E-state index in [1.54, 1.807) is 18.2 Å². The summed E-state index contributed by atoms with van der Waals surface area (Å²) in [7, 11) is 0. The summed E-state index contributed by atoms with van der Waals surface area (Å²) in [6, 6.07) is 22.6. The van der Waals surface area contributed by atoms with Crippen molar-refractivity contribution in [2.45, 2.75) is 25.9 Å². The molecule has 2 aliphatic rings. The summed E-state index contributed by atoms with van der Waals surface area (Å²) in [5.74, 6) is -0.235. The maximum Gasteiger partial charge on any atom is 0.238 e. The molecule has 2 aliphatic heterocycles. The predicted octanol–water partition coefficient (Wildman–Crippen LogP) is 8.92. The molecule has 0 spiro atoms. The zero-order valence-electron chi connectivity index (χ0n) is 26.8. The van der Waals surface area contributed by atoms with E-state index in [4.69, 9.17) is 46.4 Å². The van der Waals surface area contributed by atoms with Gasteiger partial charge in [-0.3, -0.25) is 19.4 Å². The van der Waals surface area contributed by atoms with E-state index in [-0.39, 0.29) is 24.9 Å². The summed E-state index contributed by atoms with van der Waals surface area (Å²) < 4.78 is 0. The van der Waals surface area contributed by atoms with Crippen molar-refractivity contribution < 1.29 is 9.59 Å². The zero-order valence-corrected chi connectivity index (χ0v) is 29.8. The van der Waals surface area contributed by atoms with Gasteiger partial charge >= 0.3 is 0 Å². The summed E-state index contributed by atoms with van der Waals surface area (Å²) >= 11 is 25.9. The lowest BCUT2D eigenvalue weighted by Crippen LogP contribution is -2.37. The first-order valence-electron chi connectivity index (χ1n) is 16.4. The number of para-hydroxylation sites is 1. The number of fused-ring (bicyclic) bond motifs is 6. The molecule has 6 aromatic rings. The highest BCUT2D eigenvalue weighted by Gasteiger charge is 2.25. The summed E-state index contributed by atoms with van der Waals surface area (Å²) in [4.78, 5) is 37.3. The molecule has 2 aromatic heterocycles. The van der Waals surface area contributed by atoms with Crippen molar-refractivity contribution in [3.8, 4) is 11.1 Å². The lowest BCUT2D eigenvalue weighted by Gasteiger charge is -2.26. The fourth-order valence-corrected chi connectivity index (χ4v) is 8.12. The number of amides is 2. The maximum atomic E-state index is 13.2. The number of hydrogen-bond acceptors (Lipinski definition) is 4. The minimum Gasteiger partial charge on any atom is -0.357 e. The van der Waals surface area contributed by atoms with Gasteiger partial charge in [0.25, 0.3) is 0 Å². The van der Waals surface area contributed by atoms with Gasteiger partial charge in [0.15, 0.2) is 0 Å². The average Bonchev–Trinajstić information content (AvgIpc) is 3.61. The first-order chi connectivity index (χ1) is 24.2. The van der Waals surface area contributed by atoms with Crippen molar-refractivity contribution in [1.29, 1.82) is 0 Å². The van der Waals surface area contributed by atoms with Crippen LogP contribution in [0.15, 0.2) is 72.8 Å². The highest BCUT2D eigenvalue weighted by molar-refractivity contribution is 6.35. The highest BCUT2D eigenvalue weighted by atomic mass is 35.5. The monoisotopic (exact) mass is 744 g/mol. The second kappa shape index (κ2) is 13.6. The Labute approximate surface area is 308 Å². The summed E-state index contributed by atoms with van der Waals surface area (Å²) in [5.41, 5.74) is 9.46. The molecule has 8 nitrogen and oxygen atoms in total. The minimum absolute atomic E-state index is 0.114. The van der Waals surface area contributed by atoms with E-state index in [1.165, 1.54) is 11.1 Å². The summed E-state index contributed by atoms with van der Waals surface area (Å²) in [6.45, 7) is 3.26. The van der Waals surface area contributed by atoms with Crippen LogP contribution in [0.2, 0.25) is 20.1 Å². The Morgan fingerprint density at radius 3 is 2.04 bits per heavy atom. The smallest absolute Gasteiger partial charge is 0.238 e. The predicted molar refractivity (Wildman–Crippen MR) is 204 cm³/mol. The number of carbonyl (C=O) groups is 2. The van der Waals surface area contributed by atoms with Gasteiger partial charge in [0.05, 0.1) is 23.8 Å². The van der Waals surface area contributed by atoms with Crippen molar-refractivity contribution in [3.05, 3.63) is 115 Å². The van der Waals surface area contributed by atoms with Crippen LogP contribution in [0.1, 0.15) is 22.5 Å². The second-order valence-electron chi connectivity index (χ2n) is 13.0. The third-order valence-corrected chi connectivity index (χ3v) is 10.6. The number of hydrogen-bond donors (Lipinski definition) is 4. The fraction of sp³-hybridized carbons (Fsp3) is 0.211.